The number of nitrogens with one attached hydrogen (secondary N) is 3. The Morgan fingerprint density at radius 2 is 1.94 bits per heavy atom. The number of rotatable bonds is 7. The normalized spacial score (nSPS) is 14.2. The molecular weight excluding hydrogens is 408 g/mol. The molecule has 1 aliphatic heterocycles. The van der Waals surface area contributed by atoms with Crippen molar-refractivity contribution < 1.29 is 0 Å². The molecule has 8 nitrogen and oxygen atoms in total. The van der Waals surface area contributed by atoms with Crippen molar-refractivity contribution in [3.8, 4) is 11.1 Å². The van der Waals surface area contributed by atoms with Crippen LogP contribution in [0.3, 0.4) is 0 Å². The second-order valence-electron chi connectivity index (χ2n) is 7.69. The van der Waals surface area contributed by atoms with E-state index in [0.717, 1.165) is 53.4 Å². The number of likely N-dealkylation sites (tertiary alicyclic amines) is 1. The zero-order valence-electron chi connectivity index (χ0n) is 17.8. The number of fused-ring (bicyclic) bond motifs is 1. The summed E-state index contributed by atoms with van der Waals surface area (Å²) >= 11 is 1.10. The Bertz CT molecular complexity index is 1070. The molecule has 162 valence electrons. The van der Waals surface area contributed by atoms with E-state index in [2.05, 4.69) is 31.5 Å². The maximum absolute atomic E-state index is 8.00. The second-order valence-corrected chi connectivity index (χ2v) is 8.79. The Balaban J connectivity index is 1.42. The van der Waals surface area contributed by atoms with Crippen LogP contribution in [0, 0.1) is 10.8 Å². The predicted octanol–water partition coefficient (Wildman–Crippen LogP) is 4.45. The van der Waals surface area contributed by atoms with Crippen molar-refractivity contribution in [1.29, 1.82) is 10.8 Å². The summed E-state index contributed by atoms with van der Waals surface area (Å²) in [5.41, 5.74) is 3.55. The Morgan fingerprint density at radius 3 is 2.74 bits per heavy atom. The molecule has 1 fully saturated rings. The SMILES string of the molecule is CCC(=N)SC(=N)Nc1ccc2ncc(-c3cnn(CCCN4CCCC4)c3)cc2n1. The smallest absolute Gasteiger partial charge is 0.165 e. The third-order valence-corrected chi connectivity index (χ3v) is 6.19. The average molecular weight is 437 g/mol. The molecule has 0 unspecified atom stereocenters. The molecule has 9 heteroatoms. The molecule has 0 atom stereocenters. The summed E-state index contributed by atoms with van der Waals surface area (Å²) in [6.45, 7) is 6.42. The van der Waals surface area contributed by atoms with Gasteiger partial charge in [-0.2, -0.15) is 5.10 Å². The van der Waals surface area contributed by atoms with Crippen LogP contribution in [0.25, 0.3) is 22.2 Å². The van der Waals surface area contributed by atoms with E-state index in [-0.39, 0.29) is 5.17 Å². The highest BCUT2D eigenvalue weighted by molar-refractivity contribution is 8.26. The van der Waals surface area contributed by atoms with Crippen molar-refractivity contribution in [2.45, 2.75) is 39.2 Å². The lowest BCUT2D eigenvalue weighted by Gasteiger charge is -2.13. The van der Waals surface area contributed by atoms with Gasteiger partial charge in [-0.3, -0.25) is 20.5 Å². The van der Waals surface area contributed by atoms with Crippen LogP contribution in [-0.2, 0) is 6.54 Å². The lowest BCUT2D eigenvalue weighted by molar-refractivity contribution is 0.322. The molecule has 31 heavy (non-hydrogen) atoms. The topological polar surface area (TPSA) is 107 Å². The van der Waals surface area contributed by atoms with Gasteiger partial charge in [-0.1, -0.05) is 6.92 Å². The van der Waals surface area contributed by atoms with Crippen LogP contribution in [0.1, 0.15) is 32.6 Å². The molecule has 0 amide bonds. The molecule has 1 aliphatic rings. The number of hydrogen-bond acceptors (Lipinski definition) is 7. The summed E-state index contributed by atoms with van der Waals surface area (Å²) < 4.78 is 2.00. The summed E-state index contributed by atoms with van der Waals surface area (Å²) in [5.74, 6) is 0.575. The zero-order valence-corrected chi connectivity index (χ0v) is 18.6. The van der Waals surface area contributed by atoms with Crippen molar-refractivity contribution in [2.24, 2.45) is 0 Å². The number of anilines is 1. The zero-order chi connectivity index (χ0) is 21.6. The molecule has 0 radical (unpaired) electrons. The molecule has 4 rings (SSSR count). The minimum absolute atomic E-state index is 0.193. The molecule has 0 aliphatic carbocycles. The maximum Gasteiger partial charge on any atom is 0.165 e. The monoisotopic (exact) mass is 436 g/mol. The van der Waals surface area contributed by atoms with E-state index in [1.165, 1.54) is 25.9 Å². The number of aryl methyl sites for hydroxylation is 1. The van der Waals surface area contributed by atoms with Crippen LogP contribution in [0.4, 0.5) is 5.82 Å². The van der Waals surface area contributed by atoms with Gasteiger partial charge in [-0.25, -0.2) is 4.98 Å². The number of hydrogen-bond donors (Lipinski definition) is 3. The minimum atomic E-state index is 0.193. The van der Waals surface area contributed by atoms with E-state index in [4.69, 9.17) is 10.8 Å². The predicted molar refractivity (Wildman–Crippen MR) is 128 cm³/mol. The van der Waals surface area contributed by atoms with Gasteiger partial charge in [0.05, 0.1) is 22.3 Å². The summed E-state index contributed by atoms with van der Waals surface area (Å²) in [7, 11) is 0. The molecule has 0 saturated carbocycles. The molecule has 4 heterocycles. The summed E-state index contributed by atoms with van der Waals surface area (Å²) in [5, 5.41) is 23.8. The summed E-state index contributed by atoms with van der Waals surface area (Å²) in [6.07, 6.45) is 10.2. The van der Waals surface area contributed by atoms with Gasteiger partial charge < -0.3 is 10.2 Å². The molecule has 3 aromatic rings. The van der Waals surface area contributed by atoms with Crippen molar-refractivity contribution in [1.82, 2.24) is 24.6 Å². The molecular formula is C22H28N8S. The maximum atomic E-state index is 8.00. The highest BCUT2D eigenvalue weighted by Gasteiger charge is 2.11. The van der Waals surface area contributed by atoms with Gasteiger partial charge in [0.15, 0.2) is 5.17 Å². The number of pyridine rings is 2. The van der Waals surface area contributed by atoms with Crippen molar-refractivity contribution in [2.75, 3.05) is 25.0 Å². The van der Waals surface area contributed by atoms with E-state index in [1.807, 2.05) is 36.1 Å². The summed E-state index contributed by atoms with van der Waals surface area (Å²) in [6, 6.07) is 5.70. The van der Waals surface area contributed by atoms with Crippen molar-refractivity contribution in [3.05, 3.63) is 36.8 Å². The third kappa shape index (κ3) is 5.68. The standard InChI is InChI=1S/C22H28N8S/c1-2-20(23)31-22(24)28-21-7-6-18-19(27-21)12-16(13-25-18)17-14-26-30(15-17)11-5-10-29-8-3-4-9-29/h6-7,12-15,23H,2-5,8-11H2,1H3,(H2,24,27,28). The van der Waals surface area contributed by atoms with Gasteiger partial charge >= 0.3 is 0 Å². The molecule has 0 aromatic carbocycles. The highest BCUT2D eigenvalue weighted by Crippen LogP contribution is 2.23. The van der Waals surface area contributed by atoms with Gasteiger partial charge in [0.25, 0.3) is 0 Å². The first kappa shape index (κ1) is 21.5. The van der Waals surface area contributed by atoms with Gasteiger partial charge in [-0.05, 0) is 75.3 Å². The quantitative estimate of drug-likeness (QED) is 0.373. The Labute approximate surface area is 186 Å². The second kappa shape index (κ2) is 10.0. The largest absolute Gasteiger partial charge is 0.320 e. The molecule has 0 bridgehead atoms. The van der Waals surface area contributed by atoms with E-state index < -0.39 is 0 Å². The molecule has 3 aromatic heterocycles. The van der Waals surface area contributed by atoms with Gasteiger partial charge in [-0.15, -0.1) is 0 Å². The molecule has 1 saturated heterocycles. The van der Waals surface area contributed by atoms with Gasteiger partial charge in [0.1, 0.15) is 5.82 Å². The molecule has 0 spiro atoms. The van der Waals surface area contributed by atoms with E-state index >= 15 is 0 Å². The average Bonchev–Trinajstić information content (AvgIpc) is 3.45. The fraction of sp³-hybridized carbons (Fsp3) is 0.409. The van der Waals surface area contributed by atoms with Gasteiger partial charge in [0.2, 0.25) is 0 Å². The third-order valence-electron chi connectivity index (χ3n) is 5.35. The van der Waals surface area contributed by atoms with E-state index in [9.17, 15) is 0 Å². The van der Waals surface area contributed by atoms with Crippen LogP contribution in [0.5, 0.6) is 0 Å². The number of amidine groups is 1. The summed E-state index contributed by atoms with van der Waals surface area (Å²) in [4.78, 5) is 11.7. The van der Waals surface area contributed by atoms with E-state index in [0.29, 0.717) is 17.3 Å². The van der Waals surface area contributed by atoms with Crippen LogP contribution in [0.2, 0.25) is 0 Å². The van der Waals surface area contributed by atoms with Gasteiger partial charge in [0, 0.05) is 30.1 Å². The fourth-order valence-electron chi connectivity index (χ4n) is 3.67. The highest BCUT2D eigenvalue weighted by atomic mass is 32.2. The first-order chi connectivity index (χ1) is 15.1. The first-order valence-corrected chi connectivity index (χ1v) is 11.5. The van der Waals surface area contributed by atoms with Crippen LogP contribution < -0.4 is 5.32 Å². The van der Waals surface area contributed by atoms with Crippen LogP contribution >= 0.6 is 11.8 Å². The Morgan fingerprint density at radius 1 is 1.10 bits per heavy atom. The minimum Gasteiger partial charge on any atom is -0.320 e. The fourth-order valence-corrected chi connectivity index (χ4v) is 4.22. The number of nitrogens with zero attached hydrogens (tertiary/aromatic N) is 5. The lowest BCUT2D eigenvalue weighted by Crippen LogP contribution is -2.21. The number of thioether (sulfide) groups is 1. The Hall–Kier alpha value is -2.78. The van der Waals surface area contributed by atoms with Crippen molar-refractivity contribution >= 4 is 38.8 Å². The lowest BCUT2D eigenvalue weighted by atomic mass is 10.1. The molecule has 3 N–H and O–H groups in total. The van der Waals surface area contributed by atoms with Crippen LogP contribution in [0.15, 0.2) is 36.8 Å². The Kier molecular flexibility index (Phi) is 6.93. The van der Waals surface area contributed by atoms with E-state index in [1.54, 1.807) is 6.07 Å². The van der Waals surface area contributed by atoms with Crippen LogP contribution in [-0.4, -0.2) is 54.5 Å². The number of aromatic nitrogens is 4. The first-order valence-electron chi connectivity index (χ1n) is 10.7. The van der Waals surface area contributed by atoms with Crippen molar-refractivity contribution in [3.63, 3.8) is 0 Å².